The summed E-state index contributed by atoms with van der Waals surface area (Å²) >= 11 is 0. The van der Waals surface area contributed by atoms with Gasteiger partial charge in [-0.05, 0) is 13.8 Å². The van der Waals surface area contributed by atoms with Gasteiger partial charge < -0.3 is 29.9 Å². The van der Waals surface area contributed by atoms with Gasteiger partial charge in [-0.3, -0.25) is 4.79 Å². The number of carbonyl (C=O) groups is 3. The molecule has 30 heavy (non-hydrogen) atoms. The topological polar surface area (TPSA) is 151 Å². The molecular weight excluding hydrogens is 396 g/mol. The van der Waals surface area contributed by atoms with E-state index in [4.69, 9.17) is 9.47 Å². The number of ether oxygens (including phenoxy) is 2. The summed E-state index contributed by atoms with van der Waals surface area (Å²) < 4.78 is 9.75. The maximum absolute atomic E-state index is 12.7. The highest BCUT2D eigenvalue weighted by Gasteiger charge is 2.26. The molecule has 156 valence electrons. The normalized spacial score (nSPS) is 10.2. The third kappa shape index (κ3) is 4.58. The van der Waals surface area contributed by atoms with E-state index in [-0.39, 0.29) is 22.6 Å². The molecule has 0 aliphatic carbocycles. The van der Waals surface area contributed by atoms with Crippen molar-refractivity contribution < 1.29 is 44.3 Å². The first-order chi connectivity index (χ1) is 13.9. The molecule has 0 spiro atoms. The van der Waals surface area contributed by atoms with Crippen LogP contribution >= 0.6 is 0 Å². The summed E-state index contributed by atoms with van der Waals surface area (Å²) in [5, 5.41) is 40.5. The number of carbonyl (C=O) groups excluding carboxylic acids is 3. The summed E-state index contributed by atoms with van der Waals surface area (Å²) in [6.07, 6.45) is 0. The second kappa shape index (κ2) is 8.39. The number of phenolic OH excluding ortho intramolecular Hbond substituents is 4. The van der Waals surface area contributed by atoms with Crippen LogP contribution in [0.5, 0.6) is 34.5 Å². The van der Waals surface area contributed by atoms with Crippen LogP contribution in [0.2, 0.25) is 0 Å². The zero-order valence-corrected chi connectivity index (χ0v) is 16.1. The highest BCUT2D eigenvalue weighted by atomic mass is 16.5. The van der Waals surface area contributed by atoms with Gasteiger partial charge in [-0.25, -0.2) is 9.59 Å². The van der Waals surface area contributed by atoms with Crippen molar-refractivity contribution in [3.63, 3.8) is 0 Å². The van der Waals surface area contributed by atoms with Gasteiger partial charge in [0.2, 0.25) is 5.78 Å². The Morgan fingerprint density at radius 2 is 0.933 bits per heavy atom. The van der Waals surface area contributed by atoms with Crippen molar-refractivity contribution >= 4 is 17.7 Å². The molecule has 0 saturated carbocycles. The first-order valence-electron chi connectivity index (χ1n) is 8.34. The molecule has 0 aromatic heterocycles. The molecule has 0 bridgehead atoms. The van der Waals surface area contributed by atoms with Crippen molar-refractivity contribution in [2.24, 2.45) is 0 Å². The molecule has 0 aliphatic rings. The lowest BCUT2D eigenvalue weighted by Gasteiger charge is -2.13. The molecule has 0 amide bonds. The van der Waals surface area contributed by atoms with E-state index in [0.717, 1.165) is 24.3 Å². The fraction of sp³-hybridized carbons (Fsp3) is 0.0952. The average Bonchev–Trinajstić information content (AvgIpc) is 2.60. The number of ketones is 1. The second-order valence-electron chi connectivity index (χ2n) is 6.34. The third-order valence-corrected chi connectivity index (χ3v) is 3.71. The first-order valence-corrected chi connectivity index (χ1v) is 8.34. The van der Waals surface area contributed by atoms with Crippen LogP contribution in [0.1, 0.15) is 29.8 Å². The minimum atomic E-state index is -1.14. The minimum Gasteiger partial charge on any atom is -0.507 e. The third-order valence-electron chi connectivity index (χ3n) is 3.71. The largest absolute Gasteiger partial charge is 0.507 e. The van der Waals surface area contributed by atoms with Gasteiger partial charge in [0.05, 0.1) is 0 Å². The number of hydrogen-bond acceptors (Lipinski definition) is 9. The van der Waals surface area contributed by atoms with Crippen LogP contribution in [0.3, 0.4) is 0 Å². The van der Waals surface area contributed by atoms with E-state index in [9.17, 15) is 34.8 Å². The Morgan fingerprint density at radius 3 is 1.17 bits per heavy atom. The molecule has 0 aliphatic heterocycles. The van der Waals surface area contributed by atoms with Crippen molar-refractivity contribution in [1.29, 1.82) is 0 Å². The number of rotatable bonds is 6. The molecule has 9 nitrogen and oxygen atoms in total. The number of phenols is 4. The summed E-state index contributed by atoms with van der Waals surface area (Å²) in [5.74, 6) is -6.40. The Balaban J connectivity index is 2.43. The molecular formula is C21H18O9. The van der Waals surface area contributed by atoms with Crippen LogP contribution in [0.4, 0.5) is 0 Å². The lowest BCUT2D eigenvalue weighted by atomic mass is 9.99. The van der Waals surface area contributed by atoms with Crippen LogP contribution < -0.4 is 9.47 Å². The Hall–Kier alpha value is -4.27. The highest BCUT2D eigenvalue weighted by molar-refractivity contribution is 6.15. The molecule has 0 atom stereocenters. The molecule has 0 radical (unpaired) electrons. The summed E-state index contributed by atoms with van der Waals surface area (Å²) in [4.78, 5) is 35.8. The highest BCUT2D eigenvalue weighted by Crippen LogP contribution is 2.40. The Labute approximate surface area is 170 Å². The van der Waals surface area contributed by atoms with Gasteiger partial charge in [-0.15, -0.1) is 0 Å². The van der Waals surface area contributed by atoms with Crippen molar-refractivity contribution in [2.45, 2.75) is 13.8 Å². The van der Waals surface area contributed by atoms with Crippen molar-refractivity contribution in [1.82, 2.24) is 0 Å². The van der Waals surface area contributed by atoms with Crippen molar-refractivity contribution in [3.8, 4) is 34.5 Å². The fourth-order valence-corrected chi connectivity index (χ4v) is 2.27. The fourth-order valence-electron chi connectivity index (χ4n) is 2.27. The summed E-state index contributed by atoms with van der Waals surface area (Å²) in [6.45, 7) is 9.56. The van der Waals surface area contributed by atoms with Gasteiger partial charge >= 0.3 is 11.9 Å². The Morgan fingerprint density at radius 1 is 0.667 bits per heavy atom. The molecule has 2 rings (SSSR count). The van der Waals surface area contributed by atoms with E-state index in [1.165, 1.54) is 13.8 Å². The van der Waals surface area contributed by atoms with Gasteiger partial charge in [0.15, 0.2) is 0 Å². The maximum Gasteiger partial charge on any atom is 0.338 e. The number of benzene rings is 2. The number of esters is 2. The first kappa shape index (κ1) is 22.0. The standard InChI is InChI=1S/C21H18O9/c1-9(2)20(27)29-11-5-13(22)17(14(23)6-11)19(26)18-15(24)7-12(8-16(18)25)30-21(28)10(3)4/h5-8,22-25H,1,3H2,2,4H3. The molecule has 0 unspecified atom stereocenters. The summed E-state index contributed by atoms with van der Waals surface area (Å²) in [6, 6.07) is 3.57. The maximum atomic E-state index is 12.7. The zero-order valence-electron chi connectivity index (χ0n) is 16.1. The van der Waals surface area contributed by atoms with Crippen molar-refractivity contribution in [3.05, 3.63) is 59.7 Å². The van der Waals surface area contributed by atoms with E-state index >= 15 is 0 Å². The quantitative estimate of drug-likeness (QED) is 0.242. The molecule has 0 heterocycles. The zero-order chi connectivity index (χ0) is 22.7. The van der Waals surface area contributed by atoms with E-state index in [1.54, 1.807) is 0 Å². The van der Waals surface area contributed by atoms with E-state index in [0.29, 0.717) is 0 Å². The van der Waals surface area contributed by atoms with E-state index in [2.05, 4.69) is 13.2 Å². The van der Waals surface area contributed by atoms with Crippen molar-refractivity contribution in [2.75, 3.05) is 0 Å². The minimum absolute atomic E-state index is 0.0661. The molecule has 0 saturated heterocycles. The molecule has 4 N–H and O–H groups in total. The second-order valence-corrected chi connectivity index (χ2v) is 6.34. The van der Waals surface area contributed by atoms with E-state index < -0.39 is 51.8 Å². The van der Waals surface area contributed by atoms with Gasteiger partial charge in [0.25, 0.3) is 0 Å². The number of hydrogen-bond donors (Lipinski definition) is 4. The van der Waals surface area contributed by atoms with Crippen LogP contribution in [-0.4, -0.2) is 38.1 Å². The van der Waals surface area contributed by atoms with Gasteiger partial charge in [0, 0.05) is 35.4 Å². The number of aromatic hydroxyl groups is 4. The van der Waals surface area contributed by atoms with Gasteiger partial charge in [0.1, 0.15) is 45.6 Å². The monoisotopic (exact) mass is 414 g/mol. The summed E-state index contributed by atoms with van der Waals surface area (Å²) in [7, 11) is 0. The molecule has 2 aromatic rings. The summed E-state index contributed by atoms with van der Waals surface area (Å²) in [5.41, 5.74) is -1.20. The predicted molar refractivity (Wildman–Crippen MR) is 104 cm³/mol. The van der Waals surface area contributed by atoms with Crippen LogP contribution in [-0.2, 0) is 9.59 Å². The SMILES string of the molecule is C=C(C)C(=O)Oc1cc(O)c(C(=O)c2c(O)cc(OC(=O)C(=C)C)cc2O)c(O)c1. The lowest BCUT2D eigenvalue weighted by Crippen LogP contribution is -2.10. The van der Waals surface area contributed by atoms with Crippen LogP contribution in [0, 0.1) is 0 Å². The Bertz CT molecular complexity index is 964. The molecule has 2 aromatic carbocycles. The molecule has 0 fully saturated rings. The lowest BCUT2D eigenvalue weighted by molar-refractivity contribution is -0.130. The van der Waals surface area contributed by atoms with Gasteiger partial charge in [-0.1, -0.05) is 13.2 Å². The molecule has 9 heteroatoms. The van der Waals surface area contributed by atoms with Gasteiger partial charge in [-0.2, -0.15) is 0 Å². The Kier molecular flexibility index (Phi) is 6.16. The smallest absolute Gasteiger partial charge is 0.338 e. The van der Waals surface area contributed by atoms with E-state index in [1.807, 2.05) is 0 Å². The predicted octanol–water partition coefficient (Wildman–Crippen LogP) is 2.70. The average molecular weight is 414 g/mol. The van der Waals surface area contributed by atoms with Crippen LogP contribution in [0.15, 0.2) is 48.6 Å². The van der Waals surface area contributed by atoms with Crippen LogP contribution in [0.25, 0.3) is 0 Å².